The molecule has 0 aliphatic carbocycles. The number of carbonyl (C=O) groups is 1. The van der Waals surface area contributed by atoms with Gasteiger partial charge in [-0.2, -0.15) is 0 Å². The van der Waals surface area contributed by atoms with Crippen LogP contribution in [-0.4, -0.2) is 36.6 Å². The summed E-state index contributed by atoms with van der Waals surface area (Å²) in [4.78, 5) is 12.7. The molecule has 2 aliphatic rings. The predicted molar refractivity (Wildman–Crippen MR) is 92.7 cm³/mol. The molecule has 0 aromatic heterocycles. The Kier molecular flexibility index (Phi) is 7.89. The number of hydrogen-bond donors (Lipinski definition) is 0. The van der Waals surface area contributed by atoms with Crippen molar-refractivity contribution in [2.75, 3.05) is 13.2 Å². The molecular weight excluding hydrogens is 274 g/mol. The fourth-order valence-corrected chi connectivity index (χ4v) is 2.90. The van der Waals surface area contributed by atoms with Gasteiger partial charge in [0.15, 0.2) is 0 Å². The molecule has 0 aromatic carbocycles. The van der Waals surface area contributed by atoms with Gasteiger partial charge in [0, 0.05) is 13.2 Å². The second kappa shape index (κ2) is 9.42. The van der Waals surface area contributed by atoms with E-state index in [-0.39, 0.29) is 6.04 Å². The van der Waals surface area contributed by atoms with E-state index < -0.39 is 0 Å². The second-order valence-electron chi connectivity index (χ2n) is 5.91. The fraction of sp³-hybridized carbons (Fsp3) is 0.526. The zero-order chi connectivity index (χ0) is 16.5. The SMILES string of the molecule is C=CC1=C(C=C)[C@H](C(=C)C)N(C=O)CC1.C[C@H]1CCCCO1. The van der Waals surface area contributed by atoms with E-state index in [1.165, 1.54) is 19.3 Å². The summed E-state index contributed by atoms with van der Waals surface area (Å²) in [7, 11) is 0. The van der Waals surface area contributed by atoms with Crippen molar-refractivity contribution in [2.24, 2.45) is 0 Å². The Morgan fingerprint density at radius 2 is 2.05 bits per heavy atom. The molecule has 0 unspecified atom stereocenters. The summed E-state index contributed by atoms with van der Waals surface area (Å²) in [6, 6.07) is -0.0400. The molecule has 0 spiro atoms. The summed E-state index contributed by atoms with van der Waals surface area (Å²) in [6.07, 6.45) is 9.79. The Morgan fingerprint density at radius 3 is 2.41 bits per heavy atom. The zero-order valence-corrected chi connectivity index (χ0v) is 14.0. The molecule has 3 nitrogen and oxygen atoms in total. The van der Waals surface area contributed by atoms with Crippen LogP contribution in [0.25, 0.3) is 0 Å². The van der Waals surface area contributed by atoms with E-state index >= 15 is 0 Å². The third kappa shape index (κ3) is 4.99. The number of rotatable bonds is 4. The molecular formula is C19H29NO2. The van der Waals surface area contributed by atoms with Crippen LogP contribution in [0.1, 0.15) is 39.5 Å². The quantitative estimate of drug-likeness (QED) is 0.579. The lowest BCUT2D eigenvalue weighted by atomic mass is 9.89. The van der Waals surface area contributed by atoms with Crippen LogP contribution in [0.3, 0.4) is 0 Å². The lowest BCUT2D eigenvalue weighted by molar-refractivity contribution is -0.119. The smallest absolute Gasteiger partial charge is 0.210 e. The standard InChI is InChI=1S/C13H17NO.C6H12O/c1-5-11-7-8-14(9-15)13(10(3)4)12(11)6-2;1-6-4-2-3-5-7-6/h5-6,9,13H,1-3,7-8H2,4H3;6H,2-5H2,1H3/t13-;6-/m00/s1. The van der Waals surface area contributed by atoms with Crippen LogP contribution < -0.4 is 0 Å². The van der Waals surface area contributed by atoms with Gasteiger partial charge in [0.05, 0.1) is 12.1 Å². The number of carbonyl (C=O) groups excluding carboxylic acids is 1. The molecule has 1 fully saturated rings. The first-order valence-electron chi connectivity index (χ1n) is 8.01. The van der Waals surface area contributed by atoms with Crippen LogP contribution in [0.15, 0.2) is 48.6 Å². The highest BCUT2D eigenvalue weighted by Gasteiger charge is 2.26. The molecule has 2 atom stereocenters. The van der Waals surface area contributed by atoms with Crippen molar-refractivity contribution in [3.8, 4) is 0 Å². The normalized spacial score (nSPS) is 24.9. The number of nitrogens with zero attached hydrogens (tertiary/aromatic N) is 1. The van der Waals surface area contributed by atoms with Crippen molar-refractivity contribution in [3.05, 3.63) is 48.6 Å². The van der Waals surface area contributed by atoms with E-state index in [1.807, 2.05) is 13.0 Å². The minimum Gasteiger partial charge on any atom is -0.379 e. The Balaban J connectivity index is 0.000000287. The Labute approximate surface area is 135 Å². The largest absolute Gasteiger partial charge is 0.379 e. The van der Waals surface area contributed by atoms with Crippen LogP contribution in [0.2, 0.25) is 0 Å². The molecule has 122 valence electrons. The van der Waals surface area contributed by atoms with Gasteiger partial charge < -0.3 is 9.64 Å². The Morgan fingerprint density at radius 1 is 1.32 bits per heavy atom. The van der Waals surface area contributed by atoms with Gasteiger partial charge in [-0.3, -0.25) is 4.79 Å². The first-order chi connectivity index (χ1) is 10.5. The minimum absolute atomic E-state index is 0.0400. The second-order valence-corrected chi connectivity index (χ2v) is 5.91. The summed E-state index contributed by atoms with van der Waals surface area (Å²) in [5, 5.41) is 0. The van der Waals surface area contributed by atoms with Crippen molar-refractivity contribution >= 4 is 6.41 Å². The van der Waals surface area contributed by atoms with Gasteiger partial charge in [0.2, 0.25) is 6.41 Å². The highest BCUT2D eigenvalue weighted by molar-refractivity contribution is 5.55. The van der Waals surface area contributed by atoms with Gasteiger partial charge in [0.1, 0.15) is 0 Å². The topological polar surface area (TPSA) is 29.5 Å². The van der Waals surface area contributed by atoms with Crippen molar-refractivity contribution in [1.82, 2.24) is 4.90 Å². The van der Waals surface area contributed by atoms with Gasteiger partial charge in [-0.15, -0.1) is 0 Å². The lowest BCUT2D eigenvalue weighted by Gasteiger charge is -2.35. The third-order valence-electron chi connectivity index (χ3n) is 4.11. The fourth-order valence-electron chi connectivity index (χ4n) is 2.90. The van der Waals surface area contributed by atoms with Crippen LogP contribution in [0, 0.1) is 0 Å². The van der Waals surface area contributed by atoms with Crippen molar-refractivity contribution < 1.29 is 9.53 Å². The summed E-state index contributed by atoms with van der Waals surface area (Å²) >= 11 is 0. The van der Waals surface area contributed by atoms with Crippen molar-refractivity contribution in [2.45, 2.75) is 51.7 Å². The molecule has 2 heterocycles. The first-order valence-corrected chi connectivity index (χ1v) is 8.01. The molecule has 1 amide bonds. The van der Waals surface area contributed by atoms with E-state index in [2.05, 4.69) is 26.7 Å². The van der Waals surface area contributed by atoms with E-state index in [1.54, 1.807) is 11.0 Å². The van der Waals surface area contributed by atoms with Gasteiger partial charge in [-0.25, -0.2) is 0 Å². The molecule has 3 heteroatoms. The van der Waals surface area contributed by atoms with Crippen molar-refractivity contribution in [3.63, 3.8) is 0 Å². The van der Waals surface area contributed by atoms with E-state index in [4.69, 9.17) is 4.74 Å². The maximum Gasteiger partial charge on any atom is 0.210 e. The number of ether oxygens (including phenoxy) is 1. The Hall–Kier alpha value is -1.61. The average molecular weight is 303 g/mol. The molecule has 0 radical (unpaired) electrons. The third-order valence-corrected chi connectivity index (χ3v) is 4.11. The molecule has 0 N–H and O–H groups in total. The number of allylic oxidation sites excluding steroid dienone is 1. The molecule has 22 heavy (non-hydrogen) atoms. The van der Waals surface area contributed by atoms with Gasteiger partial charge in [-0.05, 0) is 50.7 Å². The van der Waals surface area contributed by atoms with E-state index in [0.29, 0.717) is 6.10 Å². The number of hydrogen-bond acceptors (Lipinski definition) is 2. The summed E-state index contributed by atoms with van der Waals surface area (Å²) < 4.78 is 5.28. The van der Waals surface area contributed by atoms with Crippen LogP contribution in [0.4, 0.5) is 0 Å². The van der Waals surface area contributed by atoms with Crippen LogP contribution in [0.5, 0.6) is 0 Å². The van der Waals surface area contributed by atoms with Crippen LogP contribution in [-0.2, 0) is 9.53 Å². The molecule has 1 saturated heterocycles. The molecule has 2 aliphatic heterocycles. The molecule has 0 aromatic rings. The molecule has 0 bridgehead atoms. The predicted octanol–water partition coefficient (Wildman–Crippen LogP) is 4.04. The van der Waals surface area contributed by atoms with E-state index in [9.17, 15) is 4.79 Å². The maximum atomic E-state index is 10.9. The van der Waals surface area contributed by atoms with Gasteiger partial charge >= 0.3 is 0 Å². The first kappa shape index (κ1) is 18.4. The minimum atomic E-state index is -0.0400. The van der Waals surface area contributed by atoms with E-state index in [0.717, 1.165) is 42.7 Å². The lowest BCUT2D eigenvalue weighted by Crippen LogP contribution is -2.40. The molecule has 2 rings (SSSR count). The van der Waals surface area contributed by atoms with Gasteiger partial charge in [0.25, 0.3) is 0 Å². The zero-order valence-electron chi connectivity index (χ0n) is 14.0. The van der Waals surface area contributed by atoms with Crippen molar-refractivity contribution in [1.29, 1.82) is 0 Å². The monoisotopic (exact) mass is 303 g/mol. The Bertz CT molecular complexity index is 444. The average Bonchev–Trinajstić information content (AvgIpc) is 2.54. The molecule has 0 saturated carbocycles. The summed E-state index contributed by atoms with van der Waals surface area (Å²) in [5.41, 5.74) is 3.17. The number of amides is 1. The summed E-state index contributed by atoms with van der Waals surface area (Å²) in [5.74, 6) is 0. The highest BCUT2D eigenvalue weighted by atomic mass is 16.5. The summed E-state index contributed by atoms with van der Waals surface area (Å²) in [6.45, 7) is 17.3. The highest BCUT2D eigenvalue weighted by Crippen LogP contribution is 2.28. The maximum absolute atomic E-state index is 10.9. The van der Waals surface area contributed by atoms with Crippen LogP contribution >= 0.6 is 0 Å². The van der Waals surface area contributed by atoms with Gasteiger partial charge in [-0.1, -0.05) is 37.5 Å².